The van der Waals surface area contributed by atoms with Gasteiger partial charge in [0.15, 0.2) is 0 Å². The molecule has 1 aromatic rings. The molecule has 1 aliphatic rings. The van der Waals surface area contributed by atoms with Gasteiger partial charge in [-0.25, -0.2) is 0 Å². The van der Waals surface area contributed by atoms with Crippen LogP contribution in [0.2, 0.25) is 0 Å². The van der Waals surface area contributed by atoms with Crippen LogP contribution in [-0.4, -0.2) is 26.0 Å². The molecule has 0 radical (unpaired) electrons. The first-order chi connectivity index (χ1) is 8.15. The van der Waals surface area contributed by atoms with Gasteiger partial charge in [0.1, 0.15) is 5.75 Å². The summed E-state index contributed by atoms with van der Waals surface area (Å²) in [5, 5.41) is 5.28. The highest BCUT2D eigenvalue weighted by atomic mass is 16.5. The molecule has 1 heterocycles. The summed E-state index contributed by atoms with van der Waals surface area (Å²) >= 11 is 0. The Hall–Kier alpha value is -2.04. The summed E-state index contributed by atoms with van der Waals surface area (Å²) < 4.78 is 5.11. The SMILES string of the molecule is CNC(=O)CC1C(=O)Nc2ccc(OC)cc21. The third-order valence-corrected chi connectivity index (χ3v) is 2.88. The van der Waals surface area contributed by atoms with E-state index < -0.39 is 5.92 Å². The second-order valence-electron chi connectivity index (χ2n) is 3.87. The number of benzene rings is 1. The van der Waals surface area contributed by atoms with E-state index in [9.17, 15) is 9.59 Å². The Morgan fingerprint density at radius 3 is 2.94 bits per heavy atom. The Balaban J connectivity index is 2.31. The van der Waals surface area contributed by atoms with Crippen LogP contribution in [0.4, 0.5) is 5.69 Å². The van der Waals surface area contributed by atoms with Gasteiger partial charge in [0.25, 0.3) is 0 Å². The highest BCUT2D eigenvalue weighted by Gasteiger charge is 2.32. The van der Waals surface area contributed by atoms with E-state index in [4.69, 9.17) is 4.74 Å². The van der Waals surface area contributed by atoms with Gasteiger partial charge in [-0.2, -0.15) is 0 Å². The lowest BCUT2D eigenvalue weighted by Crippen LogP contribution is -2.23. The number of fused-ring (bicyclic) bond motifs is 1. The summed E-state index contributed by atoms with van der Waals surface area (Å²) in [7, 11) is 3.13. The fourth-order valence-electron chi connectivity index (χ4n) is 1.92. The molecule has 1 aromatic carbocycles. The zero-order chi connectivity index (χ0) is 12.4. The van der Waals surface area contributed by atoms with Crippen molar-refractivity contribution in [3.05, 3.63) is 23.8 Å². The molecule has 1 atom stereocenters. The maximum Gasteiger partial charge on any atom is 0.232 e. The molecule has 5 nitrogen and oxygen atoms in total. The monoisotopic (exact) mass is 234 g/mol. The summed E-state index contributed by atoms with van der Waals surface area (Å²) in [5.41, 5.74) is 1.57. The predicted molar refractivity (Wildman–Crippen MR) is 63.0 cm³/mol. The predicted octanol–water partition coefficient (Wildman–Crippen LogP) is 0.867. The molecule has 0 aromatic heterocycles. The summed E-state index contributed by atoms with van der Waals surface area (Å²) in [6.07, 6.45) is 0.155. The van der Waals surface area contributed by atoms with E-state index in [1.54, 1.807) is 32.4 Å². The zero-order valence-corrected chi connectivity index (χ0v) is 9.74. The molecular formula is C12H14N2O3. The molecule has 2 amide bonds. The average Bonchev–Trinajstić information content (AvgIpc) is 2.65. The minimum atomic E-state index is -0.431. The third-order valence-electron chi connectivity index (χ3n) is 2.88. The van der Waals surface area contributed by atoms with Gasteiger partial charge >= 0.3 is 0 Å². The lowest BCUT2D eigenvalue weighted by molar-refractivity contribution is -0.124. The number of anilines is 1. The molecule has 0 bridgehead atoms. The second kappa shape index (κ2) is 4.45. The van der Waals surface area contributed by atoms with Gasteiger partial charge in [-0.15, -0.1) is 0 Å². The number of ether oxygens (including phenoxy) is 1. The van der Waals surface area contributed by atoms with E-state index in [-0.39, 0.29) is 18.2 Å². The Morgan fingerprint density at radius 1 is 1.53 bits per heavy atom. The number of carbonyl (C=O) groups is 2. The molecular weight excluding hydrogens is 220 g/mol. The Morgan fingerprint density at radius 2 is 2.29 bits per heavy atom. The molecule has 5 heteroatoms. The number of rotatable bonds is 3. The minimum Gasteiger partial charge on any atom is -0.497 e. The van der Waals surface area contributed by atoms with Gasteiger partial charge in [0.05, 0.1) is 13.0 Å². The average molecular weight is 234 g/mol. The fourth-order valence-corrected chi connectivity index (χ4v) is 1.92. The molecule has 1 aliphatic heterocycles. The topological polar surface area (TPSA) is 67.4 Å². The molecule has 2 rings (SSSR count). The summed E-state index contributed by atoms with van der Waals surface area (Å²) in [6.45, 7) is 0. The van der Waals surface area contributed by atoms with Crippen molar-refractivity contribution < 1.29 is 14.3 Å². The van der Waals surface area contributed by atoms with Crippen LogP contribution in [0.25, 0.3) is 0 Å². The van der Waals surface area contributed by atoms with Gasteiger partial charge in [0.2, 0.25) is 11.8 Å². The molecule has 0 fully saturated rings. The van der Waals surface area contributed by atoms with Crippen LogP contribution in [0.5, 0.6) is 5.75 Å². The van der Waals surface area contributed by atoms with E-state index in [1.165, 1.54) is 0 Å². The second-order valence-corrected chi connectivity index (χ2v) is 3.87. The van der Waals surface area contributed by atoms with Crippen LogP contribution >= 0.6 is 0 Å². The lowest BCUT2D eigenvalue weighted by atomic mass is 9.96. The molecule has 0 saturated heterocycles. The molecule has 2 N–H and O–H groups in total. The first-order valence-electron chi connectivity index (χ1n) is 5.35. The number of amides is 2. The molecule has 0 aliphatic carbocycles. The van der Waals surface area contributed by atoms with E-state index >= 15 is 0 Å². The maximum absolute atomic E-state index is 11.8. The van der Waals surface area contributed by atoms with Crippen LogP contribution in [0.3, 0.4) is 0 Å². The molecule has 0 spiro atoms. The van der Waals surface area contributed by atoms with Crippen molar-refractivity contribution in [1.29, 1.82) is 0 Å². The van der Waals surface area contributed by atoms with E-state index in [0.717, 1.165) is 11.3 Å². The van der Waals surface area contributed by atoms with Gasteiger partial charge in [0, 0.05) is 19.2 Å². The fraction of sp³-hybridized carbons (Fsp3) is 0.333. The van der Waals surface area contributed by atoms with Crippen molar-refractivity contribution in [3.8, 4) is 5.75 Å². The smallest absolute Gasteiger partial charge is 0.232 e. The minimum absolute atomic E-state index is 0.142. The van der Waals surface area contributed by atoms with Gasteiger partial charge < -0.3 is 15.4 Å². The maximum atomic E-state index is 11.8. The molecule has 90 valence electrons. The van der Waals surface area contributed by atoms with Crippen LogP contribution in [0.1, 0.15) is 17.9 Å². The quantitative estimate of drug-likeness (QED) is 0.815. The largest absolute Gasteiger partial charge is 0.497 e. The van der Waals surface area contributed by atoms with Crippen molar-refractivity contribution >= 4 is 17.5 Å². The number of nitrogens with one attached hydrogen (secondary N) is 2. The van der Waals surface area contributed by atoms with Crippen molar-refractivity contribution in [2.75, 3.05) is 19.5 Å². The molecule has 0 saturated carbocycles. The Kier molecular flexibility index (Phi) is 2.99. The van der Waals surface area contributed by atoms with Crippen LogP contribution in [0.15, 0.2) is 18.2 Å². The first kappa shape index (κ1) is 11.4. The van der Waals surface area contributed by atoms with Crippen LogP contribution in [0, 0.1) is 0 Å². The highest BCUT2D eigenvalue weighted by molar-refractivity contribution is 6.05. The van der Waals surface area contributed by atoms with Crippen molar-refractivity contribution in [3.63, 3.8) is 0 Å². The van der Waals surface area contributed by atoms with Crippen molar-refractivity contribution in [1.82, 2.24) is 5.32 Å². The van der Waals surface area contributed by atoms with Crippen LogP contribution < -0.4 is 15.4 Å². The summed E-state index contributed by atoms with van der Waals surface area (Å²) in [5.74, 6) is -0.0418. The molecule has 17 heavy (non-hydrogen) atoms. The van der Waals surface area contributed by atoms with Crippen molar-refractivity contribution in [2.24, 2.45) is 0 Å². The Bertz CT molecular complexity index is 471. The van der Waals surface area contributed by atoms with Crippen molar-refractivity contribution in [2.45, 2.75) is 12.3 Å². The van der Waals surface area contributed by atoms with Crippen LogP contribution in [-0.2, 0) is 9.59 Å². The van der Waals surface area contributed by atoms with Gasteiger partial charge in [-0.05, 0) is 23.8 Å². The third kappa shape index (κ3) is 2.08. The van der Waals surface area contributed by atoms with Gasteiger partial charge in [-0.1, -0.05) is 0 Å². The zero-order valence-electron chi connectivity index (χ0n) is 9.74. The molecule has 1 unspecified atom stereocenters. The number of hydrogen-bond donors (Lipinski definition) is 2. The van der Waals surface area contributed by atoms with E-state index in [1.807, 2.05) is 0 Å². The standard InChI is InChI=1S/C12H14N2O3/c1-13-11(15)6-9-8-5-7(17-2)3-4-10(8)14-12(9)16/h3-5,9H,6H2,1-2H3,(H,13,15)(H,14,16). The lowest BCUT2D eigenvalue weighted by Gasteiger charge is -2.08. The van der Waals surface area contributed by atoms with E-state index in [2.05, 4.69) is 10.6 Å². The van der Waals surface area contributed by atoms with E-state index in [0.29, 0.717) is 5.75 Å². The summed E-state index contributed by atoms with van der Waals surface area (Å²) in [4.78, 5) is 23.1. The highest BCUT2D eigenvalue weighted by Crippen LogP contribution is 2.36. The number of methoxy groups -OCH3 is 1. The number of carbonyl (C=O) groups excluding carboxylic acids is 2. The Labute approximate surface area is 99.2 Å². The normalized spacial score (nSPS) is 17.3. The van der Waals surface area contributed by atoms with Gasteiger partial charge in [-0.3, -0.25) is 9.59 Å². The first-order valence-corrected chi connectivity index (χ1v) is 5.35. The number of hydrogen-bond acceptors (Lipinski definition) is 3. The summed E-state index contributed by atoms with van der Waals surface area (Å²) in [6, 6.07) is 5.36.